The van der Waals surface area contributed by atoms with Gasteiger partial charge in [0.1, 0.15) is 28.4 Å². The predicted molar refractivity (Wildman–Crippen MR) is 113 cm³/mol. The van der Waals surface area contributed by atoms with Crippen LogP contribution in [0, 0.1) is 6.92 Å². The first-order valence-corrected chi connectivity index (χ1v) is 10.6. The van der Waals surface area contributed by atoms with Gasteiger partial charge in [-0.2, -0.15) is 0 Å². The largest absolute Gasteiger partial charge is 1.00 e. The van der Waals surface area contributed by atoms with Gasteiger partial charge in [0.25, 0.3) is 5.91 Å². The first-order chi connectivity index (χ1) is 14.0. The van der Waals surface area contributed by atoms with Crippen LogP contribution in [0.2, 0.25) is 10.0 Å². The van der Waals surface area contributed by atoms with E-state index >= 15 is 0 Å². The second-order valence-corrected chi connectivity index (χ2v) is 10.2. The van der Waals surface area contributed by atoms with Crippen molar-refractivity contribution < 1.29 is 59.0 Å². The number of carbonyl (C=O) groups is 3. The summed E-state index contributed by atoms with van der Waals surface area (Å²) in [6, 6.07) is 2.94. The summed E-state index contributed by atoms with van der Waals surface area (Å²) in [5, 5.41) is 18.2. The van der Waals surface area contributed by atoms with Gasteiger partial charge in [-0.1, -0.05) is 34.4 Å². The Morgan fingerprint density at radius 1 is 1.28 bits per heavy atom. The van der Waals surface area contributed by atoms with E-state index in [-0.39, 0.29) is 52.1 Å². The molecule has 2 amide bonds. The number of aliphatic carboxylic acids is 1. The summed E-state index contributed by atoms with van der Waals surface area (Å²) in [7, 11) is 0. The fourth-order valence-corrected chi connectivity index (χ4v) is 6.07. The molecule has 9 nitrogen and oxygen atoms in total. The number of nitrogens with one attached hydrogen (secondary N) is 1. The number of nitrogens with zero attached hydrogens (tertiary/aromatic N) is 2. The van der Waals surface area contributed by atoms with E-state index in [0.29, 0.717) is 15.6 Å². The molecule has 0 radical (unpaired) electrons. The minimum absolute atomic E-state index is 0. The molecule has 0 unspecified atom stereocenters. The number of aromatic nitrogens is 1. The molecule has 3 atom stereocenters. The molecule has 2 aromatic rings. The Labute approximate surface area is 219 Å². The number of carboxylic acid groups (broad SMARTS) is 1. The molecule has 0 bridgehead atoms. The molecular formula is C19H18Cl2N3NaO6S. The number of β-lactam (4-membered cyclic amide) rings is 1. The molecule has 166 valence electrons. The fraction of sp³-hybridized carbons (Fsp3) is 0.368. The predicted octanol–water partition coefficient (Wildman–Crippen LogP) is -1.95. The van der Waals surface area contributed by atoms with Gasteiger partial charge in [0.2, 0.25) is 5.91 Å². The number of hydrogen-bond acceptors (Lipinski definition) is 7. The van der Waals surface area contributed by atoms with Crippen molar-refractivity contribution in [2.45, 2.75) is 43.0 Å². The normalized spacial score (nSPS) is 22.8. The van der Waals surface area contributed by atoms with Gasteiger partial charge in [-0.25, -0.2) is 0 Å². The van der Waals surface area contributed by atoms with E-state index in [0.717, 1.165) is 0 Å². The number of benzene rings is 1. The second-order valence-electron chi connectivity index (χ2n) is 7.59. The summed E-state index contributed by atoms with van der Waals surface area (Å²) in [4.78, 5) is 38.5. The molecule has 2 fully saturated rings. The molecule has 0 aliphatic carbocycles. The first-order valence-electron chi connectivity index (χ1n) is 8.97. The van der Waals surface area contributed by atoms with Crippen LogP contribution in [0.1, 0.15) is 30.0 Å². The van der Waals surface area contributed by atoms with Gasteiger partial charge >= 0.3 is 29.6 Å². The topological polar surface area (TPSA) is 147 Å². The third-order valence-corrected chi connectivity index (χ3v) is 7.44. The Bertz CT molecular complexity index is 1070. The third-order valence-electron chi connectivity index (χ3n) is 5.24. The maximum atomic E-state index is 13.1. The first kappa shape index (κ1) is 27.0. The zero-order chi connectivity index (χ0) is 22.0. The smallest absolute Gasteiger partial charge is 0.548 e. The Morgan fingerprint density at radius 2 is 1.88 bits per heavy atom. The average Bonchev–Trinajstić information content (AvgIpc) is 3.14. The second kappa shape index (κ2) is 9.54. The van der Waals surface area contributed by atoms with E-state index in [9.17, 15) is 19.5 Å². The van der Waals surface area contributed by atoms with Gasteiger partial charge < -0.3 is 30.1 Å². The van der Waals surface area contributed by atoms with Crippen molar-refractivity contribution in [2.75, 3.05) is 0 Å². The maximum absolute atomic E-state index is 13.1. The van der Waals surface area contributed by atoms with E-state index in [1.165, 1.54) is 16.7 Å². The Balaban J connectivity index is 0.00000181. The van der Waals surface area contributed by atoms with Crippen LogP contribution in [0.4, 0.5) is 0 Å². The minimum Gasteiger partial charge on any atom is -0.548 e. The van der Waals surface area contributed by atoms with Crippen molar-refractivity contribution in [3.8, 4) is 11.3 Å². The number of thioether (sulfide) groups is 1. The SMILES string of the molecule is Cc1onc(-c2c(Cl)cccc2Cl)c1C(=O)N[C@@H]1C(=O)N2[C@@H](C(=O)[O-])C(C)(C)S[C@@H]12.O.[Na+]. The van der Waals surface area contributed by atoms with Crippen LogP contribution < -0.4 is 40.0 Å². The molecule has 4 rings (SSSR count). The Morgan fingerprint density at radius 3 is 2.44 bits per heavy atom. The fourth-order valence-electron chi connectivity index (χ4n) is 3.87. The summed E-state index contributed by atoms with van der Waals surface area (Å²) in [6.07, 6.45) is 0. The van der Waals surface area contributed by atoms with Crippen molar-refractivity contribution in [1.29, 1.82) is 0 Å². The molecule has 13 heteroatoms. The van der Waals surface area contributed by atoms with Gasteiger partial charge in [0.05, 0.1) is 22.1 Å². The van der Waals surface area contributed by atoms with E-state index in [1.54, 1.807) is 39.0 Å². The molecule has 3 N–H and O–H groups in total. The number of hydrogen-bond donors (Lipinski definition) is 1. The van der Waals surface area contributed by atoms with Crippen molar-refractivity contribution >= 4 is 52.7 Å². The summed E-state index contributed by atoms with van der Waals surface area (Å²) in [6.45, 7) is 5.01. The number of halogens is 2. The summed E-state index contributed by atoms with van der Waals surface area (Å²) in [5.74, 6) is -2.16. The van der Waals surface area contributed by atoms with E-state index in [1.807, 2.05) is 0 Å². The third kappa shape index (κ3) is 4.18. The van der Waals surface area contributed by atoms with Crippen molar-refractivity contribution in [3.05, 3.63) is 39.6 Å². The van der Waals surface area contributed by atoms with Crippen molar-refractivity contribution in [1.82, 2.24) is 15.4 Å². The molecule has 3 heterocycles. The molecule has 1 aromatic carbocycles. The molecule has 32 heavy (non-hydrogen) atoms. The monoisotopic (exact) mass is 509 g/mol. The number of carboxylic acids is 1. The standard InChI is InChI=1S/C19H17Cl2N3O5S.Na.H2O/c1-7-10(12(23-29-7)11-8(20)5-4-6-9(11)21)15(25)22-13-16(26)24-14(18(27)28)19(2,3)30-17(13)24;;/h4-6,13-14,17H,1-3H3,(H,22,25)(H,27,28);;1H2/q;+1;/p-1/t13-,14+,17+;;/m1../s1. The number of carbonyl (C=O) groups excluding carboxylic acids is 3. The molecule has 0 spiro atoms. The zero-order valence-corrected chi connectivity index (χ0v) is 21.9. The summed E-state index contributed by atoms with van der Waals surface area (Å²) < 4.78 is 4.45. The van der Waals surface area contributed by atoms with Gasteiger partial charge in [-0.15, -0.1) is 11.8 Å². The van der Waals surface area contributed by atoms with Gasteiger partial charge in [-0.05, 0) is 32.9 Å². The summed E-state index contributed by atoms with van der Waals surface area (Å²) >= 11 is 13.8. The van der Waals surface area contributed by atoms with Crippen LogP contribution >= 0.6 is 35.0 Å². The van der Waals surface area contributed by atoms with Crippen LogP contribution in [0.3, 0.4) is 0 Å². The number of aryl methyl sites for hydroxylation is 1. The molecule has 2 saturated heterocycles. The molecule has 1 aromatic heterocycles. The average molecular weight is 510 g/mol. The Kier molecular flexibility index (Phi) is 8.04. The molecule has 2 aliphatic rings. The quantitative estimate of drug-likeness (QED) is 0.371. The van der Waals surface area contributed by atoms with Crippen LogP contribution in [-0.4, -0.2) is 55.5 Å². The number of fused-ring (bicyclic) bond motifs is 1. The van der Waals surface area contributed by atoms with Gasteiger partial charge in [0.15, 0.2) is 0 Å². The number of amides is 2. The van der Waals surface area contributed by atoms with Crippen molar-refractivity contribution in [2.24, 2.45) is 0 Å². The maximum Gasteiger partial charge on any atom is 1.00 e. The van der Waals surface area contributed by atoms with Crippen LogP contribution in [-0.2, 0) is 9.59 Å². The van der Waals surface area contributed by atoms with E-state index in [2.05, 4.69) is 10.5 Å². The van der Waals surface area contributed by atoms with Crippen LogP contribution in [0.25, 0.3) is 11.3 Å². The van der Waals surface area contributed by atoms with Gasteiger partial charge in [-0.3, -0.25) is 9.59 Å². The number of rotatable bonds is 4. The van der Waals surface area contributed by atoms with Crippen LogP contribution in [0.15, 0.2) is 22.7 Å². The summed E-state index contributed by atoms with van der Waals surface area (Å²) in [5.41, 5.74) is 0.615. The van der Waals surface area contributed by atoms with Crippen molar-refractivity contribution in [3.63, 3.8) is 0 Å². The van der Waals surface area contributed by atoms with E-state index < -0.39 is 40.0 Å². The van der Waals surface area contributed by atoms with E-state index in [4.69, 9.17) is 27.7 Å². The van der Waals surface area contributed by atoms with Gasteiger partial charge in [0, 0.05) is 10.3 Å². The molecular weight excluding hydrogens is 492 g/mol. The molecule has 0 saturated carbocycles. The van der Waals surface area contributed by atoms with Crippen LogP contribution in [0.5, 0.6) is 0 Å². The minimum atomic E-state index is -1.32. The zero-order valence-electron chi connectivity index (χ0n) is 17.6. The Hall–Kier alpha value is -1.27. The molecule has 2 aliphatic heterocycles.